The van der Waals surface area contributed by atoms with E-state index in [1.807, 2.05) is 0 Å². The third kappa shape index (κ3) is 4.63. The van der Waals surface area contributed by atoms with E-state index in [9.17, 15) is 12.8 Å². The molecule has 0 unspecified atom stereocenters. The summed E-state index contributed by atoms with van der Waals surface area (Å²) in [6, 6.07) is 6.41. The second-order valence-electron chi connectivity index (χ2n) is 3.46. The lowest BCUT2D eigenvalue weighted by molar-refractivity contribution is 0.508. The fourth-order valence-electron chi connectivity index (χ4n) is 1.02. The molecule has 0 saturated carbocycles. The minimum atomic E-state index is -3.39. The zero-order chi connectivity index (χ0) is 12.9. The van der Waals surface area contributed by atoms with Crippen LogP contribution in [0.15, 0.2) is 29.2 Å². The van der Waals surface area contributed by atoms with Crippen molar-refractivity contribution in [3.05, 3.63) is 30.1 Å². The van der Waals surface area contributed by atoms with E-state index in [1.165, 1.54) is 31.9 Å². The second-order valence-corrected chi connectivity index (χ2v) is 6.57. The molecule has 0 aliphatic heterocycles. The first kappa shape index (κ1) is 14.4. The Morgan fingerprint density at radius 2 is 2.00 bits per heavy atom. The molecule has 0 spiro atoms. The second kappa shape index (κ2) is 6.34. The molecule has 7 heteroatoms. The molecule has 1 aromatic rings. The topological polar surface area (TPSA) is 49.4 Å². The van der Waals surface area contributed by atoms with Crippen LogP contribution in [0, 0.1) is 5.82 Å². The maximum atomic E-state index is 13.2. The van der Waals surface area contributed by atoms with Crippen LogP contribution in [0.25, 0.3) is 0 Å². The van der Waals surface area contributed by atoms with Crippen molar-refractivity contribution in [3.63, 3.8) is 0 Å². The molecule has 0 bridgehead atoms. The summed E-state index contributed by atoms with van der Waals surface area (Å²) in [7, 11) is -0.485. The maximum Gasteiger partial charge on any atom is 0.278 e. The van der Waals surface area contributed by atoms with Crippen molar-refractivity contribution in [1.29, 1.82) is 0 Å². The molecular weight excluding hydrogens is 263 g/mol. The Morgan fingerprint density at radius 1 is 1.35 bits per heavy atom. The molecule has 1 N–H and O–H groups in total. The number of nitrogens with one attached hydrogen (secondary N) is 1. The molecule has 0 aliphatic rings. The Hall–Kier alpha value is -0.630. The SMILES string of the molecule is CN(C)S(=O)(=O)NCCSc1ccccc1F. The smallest absolute Gasteiger partial charge is 0.206 e. The number of hydrogen-bond donors (Lipinski definition) is 1. The number of nitrogens with zero attached hydrogens (tertiary/aromatic N) is 1. The van der Waals surface area contributed by atoms with E-state index in [4.69, 9.17) is 0 Å². The van der Waals surface area contributed by atoms with E-state index in [2.05, 4.69) is 4.72 Å². The van der Waals surface area contributed by atoms with E-state index in [1.54, 1.807) is 18.2 Å². The molecule has 17 heavy (non-hydrogen) atoms. The summed E-state index contributed by atoms with van der Waals surface area (Å²) in [6.45, 7) is 0.263. The van der Waals surface area contributed by atoms with Gasteiger partial charge in [0.25, 0.3) is 10.2 Å². The fraction of sp³-hybridized carbons (Fsp3) is 0.400. The van der Waals surface area contributed by atoms with Gasteiger partial charge in [-0.2, -0.15) is 12.7 Å². The van der Waals surface area contributed by atoms with Crippen molar-refractivity contribution >= 4 is 22.0 Å². The van der Waals surface area contributed by atoms with Crippen LogP contribution in [-0.2, 0) is 10.2 Å². The molecule has 0 saturated heterocycles. The maximum absolute atomic E-state index is 13.2. The third-order valence-corrected chi connectivity index (χ3v) is 4.54. The van der Waals surface area contributed by atoms with Crippen LogP contribution in [0.3, 0.4) is 0 Å². The molecule has 0 radical (unpaired) electrons. The predicted octanol–water partition coefficient (Wildman–Crippen LogP) is 1.31. The van der Waals surface area contributed by atoms with Gasteiger partial charge in [0.15, 0.2) is 0 Å². The van der Waals surface area contributed by atoms with E-state index in [0.717, 1.165) is 4.31 Å². The van der Waals surface area contributed by atoms with Crippen LogP contribution in [0.1, 0.15) is 0 Å². The van der Waals surface area contributed by atoms with Gasteiger partial charge < -0.3 is 0 Å². The Labute approximate surface area is 105 Å². The van der Waals surface area contributed by atoms with Gasteiger partial charge in [-0.25, -0.2) is 9.11 Å². The summed E-state index contributed by atoms with van der Waals surface area (Å²) in [5, 5.41) is 0. The summed E-state index contributed by atoms with van der Waals surface area (Å²) in [5.41, 5.74) is 0. The van der Waals surface area contributed by atoms with Crippen molar-refractivity contribution in [1.82, 2.24) is 9.03 Å². The van der Waals surface area contributed by atoms with E-state index >= 15 is 0 Å². The average Bonchev–Trinajstić information content (AvgIpc) is 2.26. The van der Waals surface area contributed by atoms with Gasteiger partial charge in [0.05, 0.1) is 0 Å². The van der Waals surface area contributed by atoms with E-state index < -0.39 is 10.2 Å². The highest BCUT2D eigenvalue weighted by Crippen LogP contribution is 2.20. The van der Waals surface area contributed by atoms with Crippen molar-refractivity contribution in [2.75, 3.05) is 26.4 Å². The molecule has 0 fully saturated rings. The van der Waals surface area contributed by atoms with E-state index in [0.29, 0.717) is 10.6 Å². The van der Waals surface area contributed by atoms with Gasteiger partial charge in [0, 0.05) is 31.3 Å². The number of benzene rings is 1. The first-order valence-electron chi connectivity index (χ1n) is 4.98. The van der Waals surface area contributed by atoms with Crippen molar-refractivity contribution in [3.8, 4) is 0 Å². The standard InChI is InChI=1S/C10H15FN2O2S2/c1-13(2)17(14,15)12-7-8-16-10-6-4-3-5-9(10)11/h3-6,12H,7-8H2,1-2H3. The fourth-order valence-corrected chi connectivity index (χ4v) is 2.57. The van der Waals surface area contributed by atoms with Gasteiger partial charge in [-0.1, -0.05) is 12.1 Å². The Morgan fingerprint density at radius 3 is 2.59 bits per heavy atom. The molecule has 1 rings (SSSR count). The summed E-state index contributed by atoms with van der Waals surface area (Å²) in [5.74, 6) is 0.196. The van der Waals surface area contributed by atoms with Gasteiger partial charge in [-0.05, 0) is 12.1 Å². The summed E-state index contributed by atoms with van der Waals surface area (Å²) < 4.78 is 39.4. The van der Waals surface area contributed by atoms with Crippen LogP contribution in [0.4, 0.5) is 4.39 Å². The summed E-state index contributed by atoms with van der Waals surface area (Å²) in [6.07, 6.45) is 0. The molecule has 0 aromatic heterocycles. The summed E-state index contributed by atoms with van der Waals surface area (Å²) >= 11 is 1.28. The molecule has 96 valence electrons. The molecule has 0 aliphatic carbocycles. The van der Waals surface area contributed by atoms with Crippen LogP contribution in [-0.4, -0.2) is 39.1 Å². The predicted molar refractivity (Wildman–Crippen MR) is 67.7 cm³/mol. The lowest BCUT2D eigenvalue weighted by Gasteiger charge is -2.11. The van der Waals surface area contributed by atoms with Crippen molar-refractivity contribution in [2.45, 2.75) is 4.90 Å². The zero-order valence-electron chi connectivity index (χ0n) is 9.68. The van der Waals surface area contributed by atoms with Gasteiger partial charge in [-0.15, -0.1) is 11.8 Å². The normalized spacial score (nSPS) is 12.0. The Balaban J connectivity index is 2.38. The largest absolute Gasteiger partial charge is 0.278 e. The number of thioether (sulfide) groups is 1. The number of hydrogen-bond acceptors (Lipinski definition) is 3. The molecule has 0 atom stereocenters. The lowest BCUT2D eigenvalue weighted by Crippen LogP contribution is -2.36. The zero-order valence-corrected chi connectivity index (χ0v) is 11.3. The van der Waals surface area contributed by atoms with Crippen LogP contribution in [0.5, 0.6) is 0 Å². The Kier molecular flexibility index (Phi) is 5.38. The quantitative estimate of drug-likeness (QED) is 0.630. The number of halogens is 1. The molecule has 0 amide bonds. The number of rotatable bonds is 6. The van der Waals surface area contributed by atoms with Gasteiger partial charge >= 0.3 is 0 Å². The van der Waals surface area contributed by atoms with Crippen molar-refractivity contribution < 1.29 is 12.8 Å². The highest BCUT2D eigenvalue weighted by molar-refractivity contribution is 7.99. The third-order valence-electron chi connectivity index (χ3n) is 1.96. The van der Waals surface area contributed by atoms with Gasteiger partial charge in [0.2, 0.25) is 0 Å². The van der Waals surface area contributed by atoms with Crippen LogP contribution < -0.4 is 4.72 Å². The monoisotopic (exact) mass is 278 g/mol. The molecule has 4 nitrogen and oxygen atoms in total. The first-order chi connectivity index (χ1) is 7.93. The van der Waals surface area contributed by atoms with Crippen LogP contribution >= 0.6 is 11.8 Å². The van der Waals surface area contributed by atoms with Crippen molar-refractivity contribution in [2.24, 2.45) is 0 Å². The average molecular weight is 278 g/mol. The minimum Gasteiger partial charge on any atom is -0.206 e. The highest BCUT2D eigenvalue weighted by atomic mass is 32.2. The molecule has 1 aromatic carbocycles. The molecule has 0 heterocycles. The van der Waals surface area contributed by atoms with E-state index in [-0.39, 0.29) is 12.4 Å². The first-order valence-corrected chi connectivity index (χ1v) is 7.40. The van der Waals surface area contributed by atoms with Gasteiger partial charge in [-0.3, -0.25) is 0 Å². The lowest BCUT2D eigenvalue weighted by atomic mass is 10.3. The van der Waals surface area contributed by atoms with Crippen LogP contribution in [0.2, 0.25) is 0 Å². The summed E-state index contributed by atoms with van der Waals surface area (Å²) in [4.78, 5) is 0.525. The Bertz CT molecular complexity index is 463. The molecular formula is C10H15FN2O2S2. The minimum absolute atomic E-state index is 0.263. The highest BCUT2D eigenvalue weighted by Gasteiger charge is 2.11. The van der Waals surface area contributed by atoms with Gasteiger partial charge in [0.1, 0.15) is 5.82 Å².